The third-order valence-corrected chi connectivity index (χ3v) is 14.2. The third-order valence-electron chi connectivity index (χ3n) is 14.2. The predicted molar refractivity (Wildman–Crippen MR) is 318 cm³/mol. The lowest BCUT2D eigenvalue weighted by atomic mass is 9.53. The molecule has 0 unspecified atom stereocenters. The van der Waals surface area contributed by atoms with Crippen molar-refractivity contribution in [1.82, 2.24) is 0 Å². The van der Waals surface area contributed by atoms with E-state index in [9.17, 15) is 29.4 Å². The zero-order chi connectivity index (χ0) is 57.7. The number of carboxylic acid groups (broad SMARTS) is 2. The minimum Gasteiger partial charge on any atom is -0.494 e. The van der Waals surface area contributed by atoms with E-state index in [1.807, 2.05) is 24.3 Å². The summed E-state index contributed by atoms with van der Waals surface area (Å²) in [6.45, 7) is 6.16. The van der Waals surface area contributed by atoms with Crippen molar-refractivity contribution in [2.75, 3.05) is 37.9 Å². The number of hydrogen-bond donors (Lipinski definition) is 4. The fourth-order valence-corrected chi connectivity index (χ4v) is 9.71. The molecule has 6 aromatic carbocycles. The number of aliphatic carboxylic acids is 2. The molecule has 0 saturated carbocycles. The van der Waals surface area contributed by atoms with Crippen LogP contribution in [0.2, 0.25) is 0 Å². The van der Waals surface area contributed by atoms with E-state index in [1.165, 1.54) is 25.0 Å². The Bertz CT molecular complexity index is 2770. The van der Waals surface area contributed by atoms with Gasteiger partial charge in [-0.05, 0) is 183 Å². The molecule has 81 heavy (non-hydrogen) atoms. The van der Waals surface area contributed by atoms with Gasteiger partial charge in [-0.2, -0.15) is 0 Å². The average Bonchev–Trinajstić information content (AvgIpc) is 3.46. The molecular formula is C67H78N2O12. The Morgan fingerprint density at radius 1 is 0.420 bits per heavy atom. The summed E-state index contributed by atoms with van der Waals surface area (Å²) in [7, 11) is 0. The molecule has 0 saturated heterocycles. The van der Waals surface area contributed by atoms with Crippen molar-refractivity contribution in [3.8, 4) is 34.5 Å². The fourth-order valence-electron chi connectivity index (χ4n) is 9.71. The first-order valence-corrected chi connectivity index (χ1v) is 28.2. The Kier molecular flexibility index (Phi) is 24.8. The second-order valence-corrected chi connectivity index (χ2v) is 20.2. The third kappa shape index (κ3) is 19.4. The van der Waals surface area contributed by atoms with E-state index >= 15 is 0 Å². The monoisotopic (exact) mass is 1100 g/mol. The zero-order valence-electron chi connectivity index (χ0n) is 46.7. The van der Waals surface area contributed by atoms with Crippen LogP contribution in [-0.4, -0.2) is 60.5 Å². The molecule has 6 rings (SSSR count). The number of carbonyl (C=O) groups excluding carboxylic acids is 2. The number of unbranched alkanes of at least 4 members (excludes halogenated alkanes) is 8. The quantitative estimate of drug-likeness (QED) is 0.00719. The van der Waals surface area contributed by atoms with Crippen LogP contribution in [0.15, 0.2) is 158 Å². The highest BCUT2D eigenvalue weighted by atomic mass is 16.5. The van der Waals surface area contributed by atoms with Crippen molar-refractivity contribution in [3.05, 3.63) is 180 Å². The Morgan fingerprint density at radius 2 is 0.753 bits per heavy atom. The molecule has 0 radical (unpaired) electrons. The van der Waals surface area contributed by atoms with Crippen LogP contribution in [0, 0.1) is 5.41 Å². The van der Waals surface area contributed by atoms with Crippen molar-refractivity contribution in [1.29, 1.82) is 0 Å². The molecule has 0 aliphatic rings. The second-order valence-electron chi connectivity index (χ2n) is 20.2. The summed E-state index contributed by atoms with van der Waals surface area (Å²) in [6.07, 6.45) is 16.8. The average molecular weight is 1100 g/mol. The molecule has 0 bridgehead atoms. The highest BCUT2D eigenvalue weighted by molar-refractivity contribution is 6.01. The predicted octanol–water partition coefficient (Wildman–Crippen LogP) is 14.1. The molecule has 0 aromatic heterocycles. The van der Waals surface area contributed by atoms with Crippen molar-refractivity contribution < 1.29 is 57.8 Å². The highest BCUT2D eigenvalue weighted by Gasteiger charge is 2.62. The summed E-state index contributed by atoms with van der Waals surface area (Å²) in [4.78, 5) is 53.1. The van der Waals surface area contributed by atoms with Gasteiger partial charge in [0.2, 0.25) is 0 Å². The summed E-state index contributed by atoms with van der Waals surface area (Å²) >= 11 is 0. The maximum absolute atomic E-state index is 13.9. The molecule has 0 fully saturated rings. The summed E-state index contributed by atoms with van der Waals surface area (Å²) in [5.41, 5.74) is 11.9. The SMILES string of the molecule is CCCCCCOc1ccc(OC(=O)C=Cc2ccc(OCCCCC(CCCCOc3ccc(C=CC(=O)Oc4ccc(OCCCCCC)cc4)cc3)(c3ccc(N)cc3)C(Cc3ccc(N)cc3)(C(=O)O)C(=O)O)cc2)cc1. The maximum atomic E-state index is 13.9. The first-order valence-electron chi connectivity index (χ1n) is 28.2. The number of carboxylic acids is 2. The van der Waals surface area contributed by atoms with Crippen LogP contribution in [0.1, 0.15) is 126 Å². The van der Waals surface area contributed by atoms with Gasteiger partial charge in [-0.1, -0.05) is 101 Å². The van der Waals surface area contributed by atoms with Gasteiger partial charge in [0.15, 0.2) is 5.41 Å². The molecule has 0 aliphatic heterocycles. The molecule has 0 amide bonds. The lowest BCUT2D eigenvalue weighted by Crippen LogP contribution is -2.57. The lowest BCUT2D eigenvalue weighted by Gasteiger charge is -2.47. The van der Waals surface area contributed by atoms with Crippen molar-refractivity contribution in [2.24, 2.45) is 5.41 Å². The van der Waals surface area contributed by atoms with Crippen LogP contribution in [0.5, 0.6) is 34.5 Å². The van der Waals surface area contributed by atoms with Crippen molar-refractivity contribution in [2.45, 2.75) is 116 Å². The number of rotatable bonds is 36. The van der Waals surface area contributed by atoms with Crippen LogP contribution in [0.3, 0.4) is 0 Å². The summed E-state index contributed by atoms with van der Waals surface area (Å²) in [5, 5.41) is 22.7. The molecule has 0 heterocycles. The number of esters is 2. The summed E-state index contributed by atoms with van der Waals surface area (Å²) < 4.78 is 34.8. The number of ether oxygens (including phenoxy) is 6. The first kappa shape index (κ1) is 61.7. The Labute approximate surface area is 476 Å². The number of nitrogen functional groups attached to an aromatic ring is 2. The van der Waals surface area contributed by atoms with E-state index in [0.29, 0.717) is 84.4 Å². The van der Waals surface area contributed by atoms with Gasteiger partial charge in [-0.25, -0.2) is 9.59 Å². The Morgan fingerprint density at radius 3 is 1.11 bits per heavy atom. The van der Waals surface area contributed by atoms with Gasteiger partial charge in [0, 0.05) is 35.4 Å². The van der Waals surface area contributed by atoms with E-state index in [1.54, 1.807) is 133 Å². The van der Waals surface area contributed by atoms with Gasteiger partial charge in [-0.15, -0.1) is 0 Å². The topological polar surface area (TPSA) is 216 Å². The number of hydrogen-bond acceptors (Lipinski definition) is 12. The molecular weight excluding hydrogens is 1020 g/mol. The van der Waals surface area contributed by atoms with Crippen molar-refractivity contribution in [3.63, 3.8) is 0 Å². The number of benzene rings is 6. The van der Waals surface area contributed by atoms with E-state index < -0.39 is 34.7 Å². The second kappa shape index (κ2) is 32.5. The summed E-state index contributed by atoms with van der Waals surface area (Å²) in [6, 6.07) is 41.8. The smallest absolute Gasteiger partial charge is 0.336 e. The van der Waals surface area contributed by atoms with E-state index in [4.69, 9.17) is 39.9 Å². The van der Waals surface area contributed by atoms with Gasteiger partial charge in [-0.3, -0.25) is 9.59 Å². The molecule has 0 spiro atoms. The lowest BCUT2D eigenvalue weighted by molar-refractivity contribution is -0.172. The maximum Gasteiger partial charge on any atom is 0.336 e. The van der Waals surface area contributed by atoms with Crippen LogP contribution in [0.4, 0.5) is 11.4 Å². The molecule has 0 aliphatic carbocycles. The van der Waals surface area contributed by atoms with Gasteiger partial charge < -0.3 is 50.1 Å². The minimum atomic E-state index is -2.33. The van der Waals surface area contributed by atoms with Gasteiger partial charge in [0.05, 0.1) is 26.4 Å². The highest BCUT2D eigenvalue weighted by Crippen LogP contribution is 2.52. The minimum absolute atomic E-state index is 0.189. The molecule has 14 nitrogen and oxygen atoms in total. The number of anilines is 2. The van der Waals surface area contributed by atoms with Gasteiger partial charge >= 0.3 is 23.9 Å². The Balaban J connectivity index is 1.07. The molecule has 428 valence electrons. The van der Waals surface area contributed by atoms with E-state index in [2.05, 4.69) is 13.8 Å². The van der Waals surface area contributed by atoms with Gasteiger partial charge in [0.1, 0.15) is 34.5 Å². The Hall–Kier alpha value is -8.52. The first-order chi connectivity index (χ1) is 39.3. The number of carbonyl (C=O) groups is 4. The van der Waals surface area contributed by atoms with Crippen LogP contribution in [0.25, 0.3) is 12.2 Å². The standard InChI is InChI=1S/C67H78N2O12/c1-3-5-7-11-45-76-58-33-37-60(38-34-58)80-62(70)41-21-50-17-29-56(30-18-50)78-47-13-9-43-66(53-23-27-55(69)28-24-53,67(64(72)73,65(74)75)49-52-15-25-54(68)26-16-52)44-10-14-48-79-57-31-19-51(20-32-57)22-42-63(71)81-61-39-35-59(36-40-61)77-46-12-8-6-4-2/h15-42H,3-14,43-49,68-69H2,1-2H3,(H,72,73)(H,74,75). The van der Waals surface area contributed by atoms with Crippen LogP contribution < -0.4 is 39.9 Å². The normalized spacial score (nSPS) is 12.2. The molecule has 14 heteroatoms. The molecule has 6 aromatic rings. The van der Waals surface area contributed by atoms with Gasteiger partial charge in [0.25, 0.3) is 0 Å². The number of nitrogens with two attached hydrogens (primary N) is 2. The summed E-state index contributed by atoms with van der Waals surface area (Å²) in [5.74, 6) is -0.531. The fraction of sp³-hybridized carbons (Fsp3) is 0.343. The van der Waals surface area contributed by atoms with Crippen LogP contribution >= 0.6 is 0 Å². The van der Waals surface area contributed by atoms with Crippen LogP contribution in [-0.2, 0) is 31.0 Å². The zero-order valence-corrected chi connectivity index (χ0v) is 46.7. The van der Waals surface area contributed by atoms with Crippen molar-refractivity contribution >= 4 is 47.4 Å². The van der Waals surface area contributed by atoms with E-state index in [-0.39, 0.29) is 32.5 Å². The molecule has 0 atom stereocenters. The largest absolute Gasteiger partial charge is 0.494 e. The van der Waals surface area contributed by atoms with E-state index in [0.717, 1.165) is 61.2 Å². The molecule has 6 N–H and O–H groups in total.